The van der Waals surface area contributed by atoms with Crippen LogP contribution in [-0.4, -0.2) is 10.8 Å². The number of nitro benzene ring substituents is 1. The number of carbonyl (C=O) groups excluding carboxylic acids is 1. The summed E-state index contributed by atoms with van der Waals surface area (Å²) in [5, 5.41) is 13.3. The van der Waals surface area contributed by atoms with Crippen molar-refractivity contribution in [3.05, 3.63) is 67.9 Å². The van der Waals surface area contributed by atoms with Crippen LogP contribution in [0.25, 0.3) is 0 Å². The van der Waals surface area contributed by atoms with Crippen molar-refractivity contribution in [3.63, 3.8) is 0 Å². The van der Waals surface area contributed by atoms with Gasteiger partial charge in [-0.2, -0.15) is 0 Å². The third-order valence-electron chi connectivity index (χ3n) is 2.92. The number of halogens is 2. The van der Waals surface area contributed by atoms with E-state index in [9.17, 15) is 19.3 Å². The van der Waals surface area contributed by atoms with Gasteiger partial charge in [0.25, 0.3) is 11.6 Å². The number of non-ortho nitro benzene ring substituents is 1. The maximum absolute atomic E-state index is 13.4. The fraction of sp³-hybridized carbons (Fsp3) is 0.0714. The Morgan fingerprint density at radius 1 is 1.33 bits per heavy atom. The Hall–Kier alpha value is -2.28. The fourth-order valence-corrected chi connectivity index (χ4v) is 2.16. The molecule has 0 aromatic heterocycles. The van der Waals surface area contributed by atoms with Crippen LogP contribution in [0.15, 0.2) is 40.9 Å². The number of carbonyl (C=O) groups is 1. The van der Waals surface area contributed by atoms with Crippen LogP contribution in [0.1, 0.15) is 15.9 Å². The molecule has 0 aliphatic heterocycles. The SMILES string of the molecule is Cc1c(F)cccc1NC(=O)c1cc([N+](=O)[O-])ccc1Br. The van der Waals surface area contributed by atoms with Crippen molar-refractivity contribution in [3.8, 4) is 0 Å². The highest BCUT2D eigenvalue weighted by atomic mass is 79.9. The van der Waals surface area contributed by atoms with Gasteiger partial charge in [-0.3, -0.25) is 14.9 Å². The second-order valence-corrected chi connectivity index (χ2v) is 5.14. The van der Waals surface area contributed by atoms with Crippen molar-refractivity contribution >= 4 is 33.2 Å². The van der Waals surface area contributed by atoms with Gasteiger partial charge in [-0.15, -0.1) is 0 Å². The van der Waals surface area contributed by atoms with Crippen molar-refractivity contribution in [2.75, 3.05) is 5.32 Å². The minimum Gasteiger partial charge on any atom is -0.322 e. The second kappa shape index (κ2) is 6.01. The van der Waals surface area contributed by atoms with Gasteiger partial charge in [0.15, 0.2) is 0 Å². The molecule has 0 aliphatic carbocycles. The summed E-state index contributed by atoms with van der Waals surface area (Å²) in [7, 11) is 0. The number of rotatable bonds is 3. The topological polar surface area (TPSA) is 72.2 Å². The average Bonchev–Trinajstić information content (AvgIpc) is 2.44. The molecule has 2 aromatic rings. The summed E-state index contributed by atoms with van der Waals surface area (Å²) in [6.07, 6.45) is 0. The quantitative estimate of drug-likeness (QED) is 0.668. The number of anilines is 1. The van der Waals surface area contributed by atoms with Crippen LogP contribution in [0.2, 0.25) is 0 Å². The predicted molar refractivity (Wildman–Crippen MR) is 79.9 cm³/mol. The largest absolute Gasteiger partial charge is 0.322 e. The summed E-state index contributed by atoms with van der Waals surface area (Å²) >= 11 is 3.17. The van der Waals surface area contributed by atoms with Crippen LogP contribution in [0, 0.1) is 22.9 Å². The Bertz CT molecular complexity index is 734. The van der Waals surface area contributed by atoms with E-state index in [2.05, 4.69) is 21.2 Å². The number of nitrogens with zero attached hydrogens (tertiary/aromatic N) is 1. The van der Waals surface area contributed by atoms with Crippen molar-refractivity contribution in [2.45, 2.75) is 6.92 Å². The molecule has 0 radical (unpaired) electrons. The first-order valence-corrected chi connectivity index (χ1v) is 6.70. The Kier molecular flexibility index (Phi) is 4.32. The number of amides is 1. The summed E-state index contributed by atoms with van der Waals surface area (Å²) in [6.45, 7) is 1.54. The first-order chi connectivity index (χ1) is 9.90. The van der Waals surface area contributed by atoms with Crippen LogP contribution in [0.4, 0.5) is 15.8 Å². The molecule has 0 unspecified atom stereocenters. The molecule has 7 heteroatoms. The van der Waals surface area contributed by atoms with Crippen molar-refractivity contribution in [1.82, 2.24) is 0 Å². The van der Waals surface area contributed by atoms with E-state index in [0.29, 0.717) is 15.7 Å². The minimum absolute atomic E-state index is 0.105. The van der Waals surface area contributed by atoms with E-state index in [4.69, 9.17) is 0 Å². The number of hydrogen-bond donors (Lipinski definition) is 1. The van der Waals surface area contributed by atoms with Gasteiger partial charge in [0.05, 0.1) is 10.5 Å². The average molecular weight is 353 g/mol. The Balaban J connectivity index is 2.34. The van der Waals surface area contributed by atoms with Crippen molar-refractivity contribution < 1.29 is 14.1 Å². The molecule has 0 atom stereocenters. The third kappa shape index (κ3) is 3.25. The molecule has 0 fully saturated rings. The lowest BCUT2D eigenvalue weighted by Crippen LogP contribution is -2.14. The van der Waals surface area contributed by atoms with Crippen LogP contribution in [0.5, 0.6) is 0 Å². The standard InChI is InChI=1S/C14H10BrFN2O3/c1-8-12(16)3-2-4-13(8)17-14(19)10-7-9(18(20)21)5-6-11(10)15/h2-7H,1H3,(H,17,19). The second-order valence-electron chi connectivity index (χ2n) is 4.29. The predicted octanol–water partition coefficient (Wildman–Crippen LogP) is 4.06. The van der Waals surface area contributed by atoms with Crippen molar-refractivity contribution in [2.24, 2.45) is 0 Å². The minimum atomic E-state index is -0.587. The molecule has 0 spiro atoms. The molecule has 0 aliphatic rings. The Morgan fingerprint density at radius 3 is 2.71 bits per heavy atom. The maximum atomic E-state index is 13.4. The number of benzene rings is 2. The van der Waals surface area contributed by atoms with Crippen LogP contribution >= 0.6 is 15.9 Å². The lowest BCUT2D eigenvalue weighted by atomic mass is 10.1. The third-order valence-corrected chi connectivity index (χ3v) is 3.61. The molecule has 2 aromatic carbocycles. The Labute approximate surface area is 128 Å². The molecular formula is C14H10BrFN2O3. The van der Waals surface area contributed by atoms with E-state index in [1.54, 1.807) is 6.07 Å². The van der Waals surface area contributed by atoms with E-state index < -0.39 is 16.6 Å². The number of hydrogen-bond acceptors (Lipinski definition) is 3. The highest BCUT2D eigenvalue weighted by Gasteiger charge is 2.16. The molecule has 1 amide bonds. The van der Waals surface area contributed by atoms with Gasteiger partial charge >= 0.3 is 0 Å². The van der Waals surface area contributed by atoms with E-state index in [-0.39, 0.29) is 11.3 Å². The van der Waals surface area contributed by atoms with Crippen LogP contribution < -0.4 is 5.32 Å². The molecular weight excluding hydrogens is 343 g/mol. The summed E-state index contributed by atoms with van der Waals surface area (Å²) in [5.41, 5.74) is 0.526. The lowest BCUT2D eigenvalue weighted by Gasteiger charge is -2.10. The van der Waals surface area contributed by atoms with Gasteiger partial charge in [0.2, 0.25) is 0 Å². The van der Waals surface area contributed by atoms with Gasteiger partial charge in [0, 0.05) is 27.9 Å². The molecule has 0 saturated heterocycles. The monoisotopic (exact) mass is 352 g/mol. The van der Waals surface area contributed by atoms with E-state index in [0.717, 1.165) is 6.07 Å². The van der Waals surface area contributed by atoms with Crippen LogP contribution in [-0.2, 0) is 0 Å². The first kappa shape index (κ1) is 15.1. The summed E-state index contributed by atoms with van der Waals surface area (Å²) in [6, 6.07) is 8.18. The van der Waals surface area contributed by atoms with Gasteiger partial charge in [-0.25, -0.2) is 4.39 Å². The summed E-state index contributed by atoms with van der Waals surface area (Å²) < 4.78 is 13.8. The van der Waals surface area contributed by atoms with Gasteiger partial charge < -0.3 is 5.32 Å². The zero-order chi connectivity index (χ0) is 15.6. The lowest BCUT2D eigenvalue weighted by molar-refractivity contribution is -0.384. The van der Waals surface area contributed by atoms with Gasteiger partial charge in [-0.05, 0) is 41.1 Å². The highest BCUT2D eigenvalue weighted by molar-refractivity contribution is 9.10. The van der Waals surface area contributed by atoms with E-state index in [1.807, 2.05) is 0 Å². The molecule has 1 N–H and O–H groups in total. The van der Waals surface area contributed by atoms with Gasteiger partial charge in [-0.1, -0.05) is 6.07 Å². The first-order valence-electron chi connectivity index (χ1n) is 5.90. The zero-order valence-corrected chi connectivity index (χ0v) is 12.5. The normalized spacial score (nSPS) is 10.2. The van der Waals surface area contributed by atoms with E-state index in [1.165, 1.54) is 31.2 Å². The summed E-state index contributed by atoms with van der Waals surface area (Å²) in [5.74, 6) is -0.995. The smallest absolute Gasteiger partial charge is 0.270 e. The molecule has 21 heavy (non-hydrogen) atoms. The fourth-order valence-electron chi connectivity index (χ4n) is 1.73. The highest BCUT2D eigenvalue weighted by Crippen LogP contribution is 2.24. The molecule has 5 nitrogen and oxygen atoms in total. The van der Waals surface area contributed by atoms with E-state index >= 15 is 0 Å². The Morgan fingerprint density at radius 2 is 2.05 bits per heavy atom. The molecule has 0 heterocycles. The molecule has 0 saturated carbocycles. The number of nitrogens with one attached hydrogen (secondary N) is 1. The maximum Gasteiger partial charge on any atom is 0.270 e. The van der Waals surface area contributed by atoms with Crippen LogP contribution in [0.3, 0.4) is 0 Å². The van der Waals surface area contributed by atoms with Gasteiger partial charge in [0.1, 0.15) is 5.82 Å². The van der Waals surface area contributed by atoms with Crippen molar-refractivity contribution in [1.29, 1.82) is 0 Å². The summed E-state index contributed by atoms with van der Waals surface area (Å²) in [4.78, 5) is 22.4. The zero-order valence-electron chi connectivity index (χ0n) is 10.9. The molecule has 0 bridgehead atoms. The number of nitro groups is 1. The molecule has 2 rings (SSSR count). The molecule has 108 valence electrons.